The van der Waals surface area contributed by atoms with Gasteiger partial charge in [-0.1, -0.05) is 12.5 Å². The minimum Gasteiger partial charge on any atom is -0.339 e. The molecule has 5 nitrogen and oxygen atoms in total. The molecule has 2 fully saturated rings. The predicted molar refractivity (Wildman–Crippen MR) is 112 cm³/mol. The van der Waals surface area contributed by atoms with Crippen molar-refractivity contribution in [3.63, 3.8) is 0 Å². The second kappa shape index (κ2) is 8.32. The third-order valence-corrected chi connectivity index (χ3v) is 7.70. The van der Waals surface area contributed by atoms with Gasteiger partial charge in [-0.05, 0) is 25.0 Å². The van der Waals surface area contributed by atoms with E-state index in [1.54, 1.807) is 0 Å². The second-order valence-corrected chi connectivity index (χ2v) is 9.53. The van der Waals surface area contributed by atoms with Crippen molar-refractivity contribution in [1.82, 2.24) is 19.7 Å². The Hall–Kier alpha value is -1.90. The first-order valence-electron chi connectivity index (χ1n) is 10.8. The summed E-state index contributed by atoms with van der Waals surface area (Å²) in [4.78, 5) is 24.9. The third-order valence-electron chi connectivity index (χ3n) is 6.60. The molecule has 3 aliphatic rings. The summed E-state index contributed by atoms with van der Waals surface area (Å²) < 4.78 is 28.2. The first-order valence-corrected chi connectivity index (χ1v) is 11.6. The minimum atomic E-state index is -0.589. The van der Waals surface area contributed by atoms with Gasteiger partial charge >= 0.3 is 0 Å². The minimum absolute atomic E-state index is 0.0520. The van der Waals surface area contributed by atoms with Crippen LogP contribution >= 0.6 is 11.3 Å². The highest BCUT2D eigenvalue weighted by Crippen LogP contribution is 2.34. The lowest BCUT2D eigenvalue weighted by Gasteiger charge is -2.43. The van der Waals surface area contributed by atoms with E-state index >= 15 is 0 Å². The zero-order chi connectivity index (χ0) is 20.7. The van der Waals surface area contributed by atoms with E-state index in [9.17, 15) is 13.6 Å². The molecule has 1 aromatic carbocycles. The fourth-order valence-corrected chi connectivity index (χ4v) is 5.77. The summed E-state index contributed by atoms with van der Waals surface area (Å²) in [5, 5.41) is 0.385. The van der Waals surface area contributed by atoms with Crippen molar-refractivity contribution in [3.05, 3.63) is 40.4 Å². The standard InChI is InChI=1S/C22H26F2N4OS/c23-16-5-2-6-17(24)21(16)22-25-18-7-8-26(13-19(18)30-22)14-20(29)28-11-9-27(10-12-28)15-3-1-4-15/h2,5-6,15H,1,3-4,7-14H2. The van der Waals surface area contributed by atoms with Crippen LogP contribution in [-0.2, 0) is 17.8 Å². The van der Waals surface area contributed by atoms with E-state index < -0.39 is 11.6 Å². The molecule has 1 aromatic heterocycles. The number of thiazole rings is 1. The number of carbonyl (C=O) groups excluding carboxylic acids is 1. The molecule has 0 atom stereocenters. The third kappa shape index (κ3) is 3.88. The normalized spacial score (nSPS) is 20.8. The van der Waals surface area contributed by atoms with Gasteiger partial charge < -0.3 is 4.90 Å². The van der Waals surface area contributed by atoms with Crippen LogP contribution in [0.4, 0.5) is 8.78 Å². The van der Waals surface area contributed by atoms with Crippen molar-refractivity contribution in [2.24, 2.45) is 0 Å². The first-order chi connectivity index (χ1) is 14.6. The van der Waals surface area contributed by atoms with Crippen LogP contribution in [0.25, 0.3) is 10.6 Å². The molecule has 5 rings (SSSR count). The molecule has 8 heteroatoms. The molecule has 0 unspecified atom stereocenters. The molecule has 0 spiro atoms. The van der Waals surface area contributed by atoms with E-state index in [4.69, 9.17) is 0 Å². The Balaban J connectivity index is 1.20. The second-order valence-electron chi connectivity index (χ2n) is 8.45. The lowest BCUT2D eigenvalue weighted by molar-refractivity contribution is -0.135. The summed E-state index contributed by atoms with van der Waals surface area (Å²) >= 11 is 1.33. The van der Waals surface area contributed by atoms with Gasteiger partial charge in [0.15, 0.2) is 0 Å². The predicted octanol–water partition coefficient (Wildman–Crippen LogP) is 3.14. The number of hydrogen-bond donors (Lipinski definition) is 0. The number of fused-ring (bicyclic) bond motifs is 1. The molecule has 1 aliphatic carbocycles. The summed E-state index contributed by atoms with van der Waals surface area (Å²) in [6.07, 6.45) is 4.64. The Bertz CT molecular complexity index is 917. The SMILES string of the molecule is O=C(CN1CCc2nc(-c3c(F)cccc3F)sc2C1)N1CCN(C2CCC2)CC1. The Morgan fingerprint density at radius 2 is 1.83 bits per heavy atom. The lowest BCUT2D eigenvalue weighted by Crippen LogP contribution is -2.55. The average molecular weight is 433 g/mol. The van der Waals surface area contributed by atoms with Gasteiger partial charge in [0.25, 0.3) is 0 Å². The number of benzene rings is 1. The molecule has 0 radical (unpaired) electrons. The molecule has 30 heavy (non-hydrogen) atoms. The van der Waals surface area contributed by atoms with Crippen LogP contribution in [0.3, 0.4) is 0 Å². The maximum Gasteiger partial charge on any atom is 0.236 e. The maximum absolute atomic E-state index is 14.1. The van der Waals surface area contributed by atoms with Crippen LogP contribution in [0.2, 0.25) is 0 Å². The number of nitrogens with zero attached hydrogens (tertiary/aromatic N) is 4. The van der Waals surface area contributed by atoms with Gasteiger partial charge in [-0.15, -0.1) is 11.3 Å². The quantitative estimate of drug-likeness (QED) is 0.744. The van der Waals surface area contributed by atoms with Gasteiger partial charge in [0, 0.05) is 56.6 Å². The van der Waals surface area contributed by atoms with Gasteiger partial charge in [-0.2, -0.15) is 0 Å². The van der Waals surface area contributed by atoms with E-state index in [1.807, 2.05) is 4.90 Å². The zero-order valence-corrected chi connectivity index (χ0v) is 17.8. The van der Waals surface area contributed by atoms with Crippen LogP contribution in [0.15, 0.2) is 18.2 Å². The van der Waals surface area contributed by atoms with Gasteiger partial charge in [0.05, 0.1) is 17.8 Å². The van der Waals surface area contributed by atoms with Crippen molar-refractivity contribution in [1.29, 1.82) is 0 Å². The van der Waals surface area contributed by atoms with Crippen LogP contribution in [-0.4, -0.2) is 70.9 Å². The number of amides is 1. The van der Waals surface area contributed by atoms with E-state index in [0.717, 1.165) is 49.3 Å². The molecule has 0 bridgehead atoms. The molecule has 0 N–H and O–H groups in total. The van der Waals surface area contributed by atoms with Crippen molar-refractivity contribution in [2.45, 2.75) is 38.3 Å². The van der Waals surface area contributed by atoms with E-state index in [1.165, 1.54) is 48.8 Å². The van der Waals surface area contributed by atoms with Crippen molar-refractivity contribution < 1.29 is 13.6 Å². The van der Waals surface area contributed by atoms with E-state index in [-0.39, 0.29) is 11.5 Å². The van der Waals surface area contributed by atoms with Crippen molar-refractivity contribution in [2.75, 3.05) is 39.3 Å². The molecule has 160 valence electrons. The van der Waals surface area contributed by atoms with E-state index in [2.05, 4.69) is 14.8 Å². The summed E-state index contributed by atoms with van der Waals surface area (Å²) in [6.45, 7) is 5.32. The topological polar surface area (TPSA) is 39.7 Å². The first kappa shape index (κ1) is 20.0. The number of halogens is 2. The van der Waals surface area contributed by atoms with Crippen LogP contribution in [0, 0.1) is 11.6 Å². The fourth-order valence-electron chi connectivity index (χ4n) is 4.57. The number of aromatic nitrogens is 1. The number of rotatable bonds is 4. The average Bonchev–Trinajstić information content (AvgIpc) is 3.10. The van der Waals surface area contributed by atoms with Crippen molar-refractivity contribution in [3.8, 4) is 10.6 Å². The summed E-state index contributed by atoms with van der Waals surface area (Å²) in [7, 11) is 0. The number of hydrogen-bond acceptors (Lipinski definition) is 5. The smallest absolute Gasteiger partial charge is 0.236 e. The van der Waals surface area contributed by atoms with Gasteiger partial charge in [0.1, 0.15) is 16.6 Å². The molecule has 1 saturated heterocycles. The molecule has 1 saturated carbocycles. The number of piperazine rings is 1. The Morgan fingerprint density at radius 3 is 2.50 bits per heavy atom. The molecule has 1 amide bonds. The van der Waals surface area contributed by atoms with Gasteiger partial charge in [-0.25, -0.2) is 13.8 Å². The Kier molecular flexibility index (Phi) is 5.56. The summed E-state index contributed by atoms with van der Waals surface area (Å²) in [6, 6.07) is 4.62. The highest BCUT2D eigenvalue weighted by Gasteiger charge is 2.30. The monoisotopic (exact) mass is 432 g/mol. The summed E-state index contributed by atoms with van der Waals surface area (Å²) in [5.41, 5.74) is 0.847. The van der Waals surface area contributed by atoms with E-state index in [0.29, 0.717) is 24.5 Å². The zero-order valence-electron chi connectivity index (χ0n) is 16.9. The Morgan fingerprint density at radius 1 is 1.10 bits per heavy atom. The van der Waals surface area contributed by atoms with Crippen LogP contribution in [0.5, 0.6) is 0 Å². The van der Waals surface area contributed by atoms with Gasteiger partial charge in [0.2, 0.25) is 5.91 Å². The fraction of sp³-hybridized carbons (Fsp3) is 0.545. The van der Waals surface area contributed by atoms with Gasteiger partial charge in [-0.3, -0.25) is 14.6 Å². The number of carbonyl (C=O) groups is 1. The van der Waals surface area contributed by atoms with Crippen molar-refractivity contribution >= 4 is 17.2 Å². The molecule has 3 heterocycles. The highest BCUT2D eigenvalue weighted by atomic mass is 32.1. The Labute approximate surface area is 179 Å². The molecule has 2 aromatic rings. The molecular formula is C22H26F2N4OS. The maximum atomic E-state index is 14.1. The van der Waals surface area contributed by atoms with Crippen LogP contribution < -0.4 is 0 Å². The van der Waals surface area contributed by atoms with Crippen LogP contribution in [0.1, 0.15) is 29.8 Å². The summed E-state index contributed by atoms with van der Waals surface area (Å²) in [5.74, 6) is -1.00. The highest BCUT2D eigenvalue weighted by molar-refractivity contribution is 7.15. The largest absolute Gasteiger partial charge is 0.339 e. The molecule has 2 aliphatic heterocycles. The lowest BCUT2D eigenvalue weighted by atomic mass is 9.91. The molecular weight excluding hydrogens is 406 g/mol.